The van der Waals surface area contributed by atoms with Crippen molar-refractivity contribution >= 4 is 6.03 Å². The summed E-state index contributed by atoms with van der Waals surface area (Å²) in [4.78, 5) is 18.6. The number of carbonyl (C=O) groups is 1. The van der Waals surface area contributed by atoms with Crippen LogP contribution in [0, 0.1) is 0 Å². The van der Waals surface area contributed by atoms with E-state index < -0.39 is 0 Å². The minimum absolute atomic E-state index is 0.0627. The molecule has 6 nitrogen and oxygen atoms in total. The van der Waals surface area contributed by atoms with E-state index in [4.69, 9.17) is 4.74 Å². The van der Waals surface area contributed by atoms with Gasteiger partial charge in [0.25, 0.3) is 0 Å². The molecule has 0 bridgehead atoms. The molecular weight excluding hydrogens is 256 g/mol. The van der Waals surface area contributed by atoms with Gasteiger partial charge in [-0.05, 0) is 26.9 Å². The minimum atomic E-state index is 0.0627. The molecule has 2 rings (SSSR count). The summed E-state index contributed by atoms with van der Waals surface area (Å²) in [7, 11) is 4.18. The number of hydrogen-bond acceptors (Lipinski definition) is 4. The van der Waals surface area contributed by atoms with Crippen molar-refractivity contribution in [3.05, 3.63) is 0 Å². The van der Waals surface area contributed by atoms with Gasteiger partial charge >= 0.3 is 6.03 Å². The summed E-state index contributed by atoms with van der Waals surface area (Å²) in [5.41, 5.74) is 0. The third-order valence-corrected chi connectivity index (χ3v) is 4.03. The summed E-state index contributed by atoms with van der Waals surface area (Å²) < 4.78 is 5.52. The van der Waals surface area contributed by atoms with E-state index in [0.717, 1.165) is 58.7 Å². The highest BCUT2D eigenvalue weighted by Gasteiger charge is 2.22. The van der Waals surface area contributed by atoms with Crippen LogP contribution in [-0.4, -0.2) is 93.4 Å². The number of rotatable bonds is 5. The van der Waals surface area contributed by atoms with Crippen molar-refractivity contribution in [3.8, 4) is 0 Å². The molecule has 1 N–H and O–H groups in total. The molecule has 0 radical (unpaired) electrons. The first-order valence-electron chi connectivity index (χ1n) is 7.66. The Morgan fingerprint density at radius 3 is 2.65 bits per heavy atom. The predicted molar refractivity (Wildman–Crippen MR) is 78.9 cm³/mol. The van der Waals surface area contributed by atoms with Gasteiger partial charge in [-0.15, -0.1) is 0 Å². The summed E-state index contributed by atoms with van der Waals surface area (Å²) in [6, 6.07) is 0.0627. The largest absolute Gasteiger partial charge is 0.376 e. The number of piperazine rings is 1. The van der Waals surface area contributed by atoms with Crippen molar-refractivity contribution in [2.45, 2.75) is 18.9 Å². The molecule has 2 amide bonds. The van der Waals surface area contributed by atoms with Gasteiger partial charge in [-0.3, -0.25) is 4.90 Å². The zero-order chi connectivity index (χ0) is 14.4. The molecule has 1 atom stereocenters. The smallest absolute Gasteiger partial charge is 0.317 e. The molecule has 0 spiro atoms. The maximum atomic E-state index is 12.1. The molecule has 2 heterocycles. The lowest BCUT2D eigenvalue weighted by molar-refractivity contribution is 0.104. The summed E-state index contributed by atoms with van der Waals surface area (Å²) in [6.07, 6.45) is 2.41. The Hall–Kier alpha value is -0.850. The maximum Gasteiger partial charge on any atom is 0.317 e. The number of nitrogens with zero attached hydrogens (tertiary/aromatic N) is 3. The van der Waals surface area contributed by atoms with Gasteiger partial charge in [-0.2, -0.15) is 0 Å². The van der Waals surface area contributed by atoms with Gasteiger partial charge in [0.15, 0.2) is 0 Å². The second-order valence-corrected chi connectivity index (χ2v) is 5.95. The first-order chi connectivity index (χ1) is 9.65. The lowest BCUT2D eigenvalue weighted by Crippen LogP contribution is -2.53. The van der Waals surface area contributed by atoms with E-state index in [1.807, 2.05) is 4.90 Å². The number of amides is 2. The topological polar surface area (TPSA) is 48.0 Å². The summed E-state index contributed by atoms with van der Waals surface area (Å²) in [5, 5.41) is 2.99. The Kier molecular flexibility index (Phi) is 6.06. The minimum Gasteiger partial charge on any atom is -0.376 e. The average molecular weight is 284 g/mol. The Morgan fingerprint density at radius 2 is 2.05 bits per heavy atom. The van der Waals surface area contributed by atoms with Gasteiger partial charge in [-0.1, -0.05) is 0 Å². The van der Waals surface area contributed by atoms with Gasteiger partial charge in [0.2, 0.25) is 0 Å². The van der Waals surface area contributed by atoms with Crippen molar-refractivity contribution in [2.75, 3.05) is 66.5 Å². The van der Waals surface area contributed by atoms with E-state index in [2.05, 4.69) is 29.2 Å². The molecule has 0 aromatic carbocycles. The van der Waals surface area contributed by atoms with E-state index in [0.29, 0.717) is 6.54 Å². The van der Waals surface area contributed by atoms with E-state index in [-0.39, 0.29) is 12.1 Å². The third-order valence-electron chi connectivity index (χ3n) is 4.03. The Morgan fingerprint density at radius 1 is 1.30 bits per heavy atom. The molecule has 2 aliphatic heterocycles. The zero-order valence-electron chi connectivity index (χ0n) is 12.8. The molecule has 2 saturated heterocycles. The van der Waals surface area contributed by atoms with Crippen LogP contribution in [0.3, 0.4) is 0 Å². The third kappa shape index (κ3) is 4.92. The molecule has 0 saturated carbocycles. The van der Waals surface area contributed by atoms with Gasteiger partial charge in [0.1, 0.15) is 0 Å². The Labute approximate surface area is 122 Å². The molecule has 0 aromatic rings. The molecule has 116 valence electrons. The highest BCUT2D eigenvalue weighted by atomic mass is 16.5. The zero-order valence-corrected chi connectivity index (χ0v) is 12.8. The number of hydrogen-bond donors (Lipinski definition) is 1. The van der Waals surface area contributed by atoms with Crippen LogP contribution in [-0.2, 0) is 4.74 Å². The molecule has 2 fully saturated rings. The average Bonchev–Trinajstić information content (AvgIpc) is 2.96. The fourth-order valence-electron chi connectivity index (χ4n) is 2.63. The van der Waals surface area contributed by atoms with Gasteiger partial charge < -0.3 is 19.9 Å². The quantitative estimate of drug-likeness (QED) is 0.775. The van der Waals surface area contributed by atoms with E-state index in [1.165, 1.54) is 0 Å². The van der Waals surface area contributed by atoms with Gasteiger partial charge in [0.05, 0.1) is 6.10 Å². The van der Waals surface area contributed by atoms with Crippen molar-refractivity contribution in [3.63, 3.8) is 0 Å². The first kappa shape index (κ1) is 15.5. The van der Waals surface area contributed by atoms with Crippen LogP contribution in [0.4, 0.5) is 4.79 Å². The second-order valence-electron chi connectivity index (χ2n) is 5.95. The molecule has 20 heavy (non-hydrogen) atoms. The summed E-state index contributed by atoms with van der Waals surface area (Å²) in [5.74, 6) is 0. The Balaban J connectivity index is 1.61. The van der Waals surface area contributed by atoms with Gasteiger partial charge in [0, 0.05) is 52.4 Å². The normalized spacial score (nSPS) is 24.4. The second kappa shape index (κ2) is 7.81. The van der Waals surface area contributed by atoms with Crippen molar-refractivity contribution in [2.24, 2.45) is 0 Å². The highest BCUT2D eigenvalue weighted by Crippen LogP contribution is 2.10. The lowest BCUT2D eigenvalue weighted by Gasteiger charge is -2.35. The predicted octanol–water partition coefficient (Wildman–Crippen LogP) is 0.0542. The van der Waals surface area contributed by atoms with Crippen LogP contribution in [0.5, 0.6) is 0 Å². The van der Waals surface area contributed by atoms with E-state index in [1.54, 1.807) is 0 Å². The monoisotopic (exact) mass is 284 g/mol. The first-order valence-corrected chi connectivity index (χ1v) is 7.66. The summed E-state index contributed by atoms with van der Waals surface area (Å²) in [6.45, 7) is 7.24. The standard InChI is InChI=1S/C14H28N4O2/c1-16(2)5-6-17-7-9-18(10-8-17)14(19)15-12-13-4-3-11-20-13/h13H,3-12H2,1-2H3,(H,15,19). The number of ether oxygens (including phenoxy) is 1. The summed E-state index contributed by atoms with van der Waals surface area (Å²) >= 11 is 0. The van der Waals surface area contributed by atoms with Crippen LogP contribution < -0.4 is 5.32 Å². The van der Waals surface area contributed by atoms with Crippen LogP contribution >= 0.6 is 0 Å². The van der Waals surface area contributed by atoms with Crippen LogP contribution in [0.25, 0.3) is 0 Å². The maximum absolute atomic E-state index is 12.1. The van der Waals surface area contributed by atoms with E-state index >= 15 is 0 Å². The molecule has 2 aliphatic rings. The highest BCUT2D eigenvalue weighted by molar-refractivity contribution is 5.74. The van der Waals surface area contributed by atoms with Crippen LogP contribution in [0.1, 0.15) is 12.8 Å². The molecular formula is C14H28N4O2. The van der Waals surface area contributed by atoms with Crippen LogP contribution in [0.15, 0.2) is 0 Å². The molecule has 0 aromatic heterocycles. The Bertz CT molecular complexity index is 298. The fraction of sp³-hybridized carbons (Fsp3) is 0.929. The molecule has 1 unspecified atom stereocenters. The number of likely N-dealkylation sites (N-methyl/N-ethyl adjacent to an activating group) is 1. The fourth-order valence-corrected chi connectivity index (χ4v) is 2.63. The van der Waals surface area contributed by atoms with Crippen LogP contribution in [0.2, 0.25) is 0 Å². The SMILES string of the molecule is CN(C)CCN1CCN(C(=O)NCC2CCCO2)CC1. The number of nitrogens with one attached hydrogen (secondary N) is 1. The molecule has 6 heteroatoms. The van der Waals surface area contributed by atoms with Crippen molar-refractivity contribution in [1.29, 1.82) is 0 Å². The number of urea groups is 1. The lowest BCUT2D eigenvalue weighted by atomic mass is 10.2. The van der Waals surface area contributed by atoms with Crippen molar-refractivity contribution < 1.29 is 9.53 Å². The number of carbonyl (C=O) groups excluding carboxylic acids is 1. The van der Waals surface area contributed by atoms with Gasteiger partial charge in [-0.25, -0.2) is 4.79 Å². The van der Waals surface area contributed by atoms with Crippen molar-refractivity contribution in [1.82, 2.24) is 20.0 Å². The molecule has 0 aliphatic carbocycles. The van der Waals surface area contributed by atoms with E-state index in [9.17, 15) is 4.79 Å².